The van der Waals surface area contributed by atoms with Crippen molar-refractivity contribution >= 4 is 11.8 Å². The Hall–Kier alpha value is -2.04. The summed E-state index contributed by atoms with van der Waals surface area (Å²) < 4.78 is 5.16. The van der Waals surface area contributed by atoms with E-state index in [2.05, 4.69) is 5.32 Å². The summed E-state index contributed by atoms with van der Waals surface area (Å²) in [6, 6.07) is 7.23. The summed E-state index contributed by atoms with van der Waals surface area (Å²) in [7, 11) is 1.62. The molecule has 1 rings (SSSR count). The van der Waals surface area contributed by atoms with Crippen molar-refractivity contribution in [1.82, 2.24) is 10.2 Å². The molecule has 0 saturated heterocycles. The molecular weight excluding hydrogens is 304 g/mol. The van der Waals surface area contributed by atoms with E-state index in [4.69, 9.17) is 4.74 Å². The highest BCUT2D eigenvalue weighted by Gasteiger charge is 2.28. The SMILES string of the molecule is CCC(=O)N(Cc1ccc(OC)cc1)[C@@H](CC)C(=O)N[C@@H](C)CC. The van der Waals surface area contributed by atoms with E-state index in [0.717, 1.165) is 17.7 Å². The van der Waals surface area contributed by atoms with Gasteiger partial charge in [-0.25, -0.2) is 0 Å². The fourth-order valence-corrected chi connectivity index (χ4v) is 2.49. The van der Waals surface area contributed by atoms with Crippen LogP contribution < -0.4 is 10.1 Å². The number of ether oxygens (including phenoxy) is 1. The topological polar surface area (TPSA) is 58.6 Å². The quantitative estimate of drug-likeness (QED) is 0.755. The van der Waals surface area contributed by atoms with Gasteiger partial charge in [-0.2, -0.15) is 0 Å². The minimum absolute atomic E-state index is 0.0167. The molecule has 0 spiro atoms. The van der Waals surface area contributed by atoms with Gasteiger partial charge in [0.05, 0.1) is 7.11 Å². The third kappa shape index (κ3) is 5.55. The zero-order chi connectivity index (χ0) is 18.1. The molecule has 0 fully saturated rings. The molecule has 2 atom stereocenters. The van der Waals surface area contributed by atoms with E-state index in [1.165, 1.54) is 0 Å². The number of rotatable bonds is 9. The van der Waals surface area contributed by atoms with Gasteiger partial charge in [-0.1, -0.05) is 32.9 Å². The second-order valence-corrected chi connectivity index (χ2v) is 5.97. The van der Waals surface area contributed by atoms with Gasteiger partial charge >= 0.3 is 0 Å². The van der Waals surface area contributed by atoms with Crippen molar-refractivity contribution in [3.05, 3.63) is 29.8 Å². The molecule has 0 aliphatic rings. The first-order valence-electron chi connectivity index (χ1n) is 8.69. The number of benzene rings is 1. The number of methoxy groups -OCH3 is 1. The average Bonchev–Trinajstić information content (AvgIpc) is 2.61. The first-order valence-corrected chi connectivity index (χ1v) is 8.69. The van der Waals surface area contributed by atoms with E-state index in [0.29, 0.717) is 19.4 Å². The lowest BCUT2D eigenvalue weighted by Crippen LogP contribution is -2.50. The molecule has 2 amide bonds. The van der Waals surface area contributed by atoms with E-state index >= 15 is 0 Å². The van der Waals surface area contributed by atoms with E-state index in [1.807, 2.05) is 52.0 Å². The van der Waals surface area contributed by atoms with Crippen LogP contribution in [-0.4, -0.2) is 35.9 Å². The van der Waals surface area contributed by atoms with Crippen molar-refractivity contribution in [3.63, 3.8) is 0 Å². The van der Waals surface area contributed by atoms with E-state index in [1.54, 1.807) is 12.0 Å². The maximum absolute atomic E-state index is 12.6. The smallest absolute Gasteiger partial charge is 0.243 e. The van der Waals surface area contributed by atoms with Crippen molar-refractivity contribution in [3.8, 4) is 5.75 Å². The second-order valence-electron chi connectivity index (χ2n) is 5.97. The number of nitrogens with one attached hydrogen (secondary N) is 1. The number of hydrogen-bond donors (Lipinski definition) is 1. The van der Waals surface area contributed by atoms with E-state index < -0.39 is 6.04 Å². The zero-order valence-electron chi connectivity index (χ0n) is 15.5. The summed E-state index contributed by atoms with van der Waals surface area (Å²) in [5.41, 5.74) is 0.979. The maximum atomic E-state index is 12.6. The molecule has 1 aromatic carbocycles. The van der Waals surface area contributed by atoms with Crippen LogP contribution in [0.25, 0.3) is 0 Å². The lowest BCUT2D eigenvalue weighted by molar-refractivity contribution is -0.141. The standard InChI is InChI=1S/C19H30N2O3/c1-6-14(4)20-19(23)17(7-2)21(18(22)8-3)13-15-9-11-16(24-5)12-10-15/h9-12,14,17H,6-8,13H2,1-5H3,(H,20,23)/t14-,17-/m0/s1. The average molecular weight is 334 g/mol. The highest BCUT2D eigenvalue weighted by molar-refractivity contribution is 5.87. The van der Waals surface area contributed by atoms with Gasteiger partial charge in [-0.15, -0.1) is 0 Å². The number of amides is 2. The van der Waals surface area contributed by atoms with Crippen LogP contribution >= 0.6 is 0 Å². The first kappa shape index (κ1) is 20.0. The lowest BCUT2D eigenvalue weighted by Gasteiger charge is -2.31. The molecule has 0 unspecified atom stereocenters. The van der Waals surface area contributed by atoms with E-state index in [-0.39, 0.29) is 17.9 Å². The van der Waals surface area contributed by atoms with Crippen LogP contribution in [0.4, 0.5) is 0 Å². The monoisotopic (exact) mass is 334 g/mol. The van der Waals surface area contributed by atoms with Crippen LogP contribution in [0.2, 0.25) is 0 Å². The Balaban J connectivity index is 2.95. The summed E-state index contributed by atoms with van der Waals surface area (Å²) in [5.74, 6) is 0.674. The molecule has 0 aromatic heterocycles. The highest BCUT2D eigenvalue weighted by Crippen LogP contribution is 2.17. The Bertz CT molecular complexity index is 528. The molecule has 1 aromatic rings. The molecule has 0 aliphatic heterocycles. The number of carbonyl (C=O) groups excluding carboxylic acids is 2. The van der Waals surface area contributed by atoms with Crippen molar-refractivity contribution in [1.29, 1.82) is 0 Å². The first-order chi connectivity index (χ1) is 11.5. The maximum Gasteiger partial charge on any atom is 0.243 e. The van der Waals surface area contributed by atoms with Crippen LogP contribution in [0.1, 0.15) is 52.5 Å². The van der Waals surface area contributed by atoms with Gasteiger partial charge in [-0.3, -0.25) is 9.59 Å². The number of carbonyl (C=O) groups is 2. The van der Waals surface area contributed by atoms with Crippen molar-refractivity contribution in [2.24, 2.45) is 0 Å². The minimum atomic E-state index is -0.450. The second kappa shape index (κ2) is 9.96. The predicted octanol–water partition coefficient (Wildman–Crippen LogP) is 3.13. The Morgan fingerprint density at radius 1 is 1.12 bits per heavy atom. The van der Waals surface area contributed by atoms with Crippen LogP contribution in [0.3, 0.4) is 0 Å². The molecule has 24 heavy (non-hydrogen) atoms. The summed E-state index contributed by atoms with van der Waals surface area (Å²) in [6.07, 6.45) is 1.83. The summed E-state index contributed by atoms with van der Waals surface area (Å²) in [6.45, 7) is 8.18. The number of hydrogen-bond acceptors (Lipinski definition) is 3. The molecule has 5 heteroatoms. The minimum Gasteiger partial charge on any atom is -0.497 e. The van der Waals surface area contributed by atoms with Gasteiger partial charge in [0, 0.05) is 19.0 Å². The highest BCUT2D eigenvalue weighted by atomic mass is 16.5. The normalized spacial score (nSPS) is 13.0. The third-order valence-corrected chi connectivity index (χ3v) is 4.20. The van der Waals surface area contributed by atoms with Gasteiger partial charge in [-0.05, 0) is 37.5 Å². The van der Waals surface area contributed by atoms with Crippen molar-refractivity contribution in [2.45, 2.75) is 65.6 Å². The Morgan fingerprint density at radius 3 is 2.21 bits per heavy atom. The number of nitrogens with zero attached hydrogens (tertiary/aromatic N) is 1. The van der Waals surface area contributed by atoms with Crippen LogP contribution in [0.15, 0.2) is 24.3 Å². The molecule has 0 radical (unpaired) electrons. The van der Waals surface area contributed by atoms with Crippen LogP contribution in [0, 0.1) is 0 Å². The molecular formula is C19H30N2O3. The molecule has 1 N–H and O–H groups in total. The molecule has 0 aliphatic carbocycles. The van der Waals surface area contributed by atoms with Gasteiger partial charge in [0.25, 0.3) is 0 Å². The summed E-state index contributed by atoms with van der Waals surface area (Å²) in [5, 5.41) is 2.99. The fourth-order valence-electron chi connectivity index (χ4n) is 2.49. The largest absolute Gasteiger partial charge is 0.497 e. The Morgan fingerprint density at radius 2 is 1.75 bits per heavy atom. The molecule has 134 valence electrons. The summed E-state index contributed by atoms with van der Waals surface area (Å²) >= 11 is 0. The molecule has 0 saturated carbocycles. The van der Waals surface area contributed by atoms with Gasteiger partial charge in [0.2, 0.25) is 11.8 Å². The van der Waals surface area contributed by atoms with E-state index in [9.17, 15) is 9.59 Å². The van der Waals surface area contributed by atoms with Crippen LogP contribution in [0.5, 0.6) is 5.75 Å². The third-order valence-electron chi connectivity index (χ3n) is 4.20. The van der Waals surface area contributed by atoms with Gasteiger partial charge in [0.1, 0.15) is 11.8 Å². The predicted molar refractivity (Wildman–Crippen MR) is 95.8 cm³/mol. The lowest BCUT2D eigenvalue weighted by atomic mass is 10.1. The Labute approximate surface area is 145 Å². The van der Waals surface area contributed by atoms with Gasteiger partial charge in [0.15, 0.2) is 0 Å². The zero-order valence-corrected chi connectivity index (χ0v) is 15.5. The van der Waals surface area contributed by atoms with Crippen LogP contribution in [-0.2, 0) is 16.1 Å². The fraction of sp³-hybridized carbons (Fsp3) is 0.579. The molecule has 0 heterocycles. The van der Waals surface area contributed by atoms with Crippen molar-refractivity contribution in [2.75, 3.05) is 7.11 Å². The Kier molecular flexibility index (Phi) is 8.30. The van der Waals surface area contributed by atoms with Gasteiger partial charge < -0.3 is 15.0 Å². The molecule has 5 nitrogen and oxygen atoms in total. The summed E-state index contributed by atoms with van der Waals surface area (Å²) in [4.78, 5) is 26.7. The van der Waals surface area contributed by atoms with Crippen molar-refractivity contribution < 1.29 is 14.3 Å². The molecule has 0 bridgehead atoms.